The van der Waals surface area contributed by atoms with E-state index in [9.17, 15) is 0 Å². The van der Waals surface area contributed by atoms with Gasteiger partial charge in [0.15, 0.2) is 0 Å². The van der Waals surface area contributed by atoms with Crippen molar-refractivity contribution >= 4 is 15.9 Å². The molecule has 0 amide bonds. The van der Waals surface area contributed by atoms with Crippen LogP contribution >= 0.6 is 15.9 Å². The van der Waals surface area contributed by atoms with Crippen LogP contribution in [-0.4, -0.2) is 19.8 Å². The van der Waals surface area contributed by atoms with E-state index < -0.39 is 0 Å². The lowest BCUT2D eigenvalue weighted by atomic mass is 10.1. The van der Waals surface area contributed by atoms with Gasteiger partial charge in [0.25, 0.3) is 0 Å². The molecule has 1 aliphatic rings. The summed E-state index contributed by atoms with van der Waals surface area (Å²) in [6.07, 6.45) is 1.19. The Kier molecular flexibility index (Phi) is 4.38. The van der Waals surface area contributed by atoms with Gasteiger partial charge in [0.1, 0.15) is 0 Å². The monoisotopic (exact) mass is 283 g/mol. The maximum Gasteiger partial charge on any atom is 0.0507 e. The summed E-state index contributed by atoms with van der Waals surface area (Å²) in [4.78, 5) is 0. The summed E-state index contributed by atoms with van der Waals surface area (Å²) in [6, 6.07) is 8.87. The fourth-order valence-corrected chi connectivity index (χ4v) is 2.40. The number of benzene rings is 1. The van der Waals surface area contributed by atoms with Crippen molar-refractivity contribution in [2.24, 2.45) is 5.92 Å². The minimum absolute atomic E-state index is 0.401. The Bertz CT molecular complexity index is 336. The quantitative estimate of drug-likeness (QED) is 0.917. The molecule has 0 aromatic heterocycles. The second kappa shape index (κ2) is 5.80. The molecule has 1 fully saturated rings. The first-order chi connectivity index (χ1) is 7.75. The number of halogens is 1. The average Bonchev–Trinajstić information content (AvgIpc) is 2.78. The Labute approximate surface area is 106 Å². The first-order valence-corrected chi connectivity index (χ1v) is 6.61. The zero-order valence-electron chi connectivity index (χ0n) is 9.58. The van der Waals surface area contributed by atoms with Gasteiger partial charge in [0, 0.05) is 23.7 Å². The van der Waals surface area contributed by atoms with Crippen molar-refractivity contribution in [3.05, 3.63) is 34.3 Å². The Morgan fingerprint density at radius 1 is 1.56 bits per heavy atom. The molecule has 88 valence electrons. The standard InChI is InChI=1S/C13H18BrNO/c1-10(12-3-2-4-13(14)7-12)15-8-11-5-6-16-9-11/h2-4,7,10-11,15H,5-6,8-9H2,1H3/t10-,11?/m0/s1. The molecule has 0 saturated carbocycles. The van der Waals surface area contributed by atoms with Crippen LogP contribution in [0.2, 0.25) is 0 Å². The molecule has 0 aliphatic carbocycles. The van der Waals surface area contributed by atoms with Gasteiger partial charge >= 0.3 is 0 Å². The first kappa shape index (κ1) is 12.1. The van der Waals surface area contributed by atoms with E-state index >= 15 is 0 Å². The second-order valence-corrected chi connectivity index (χ2v) is 5.33. The highest BCUT2D eigenvalue weighted by Gasteiger charge is 2.16. The van der Waals surface area contributed by atoms with Gasteiger partial charge in [0.05, 0.1) is 6.61 Å². The van der Waals surface area contributed by atoms with E-state index in [2.05, 4.69) is 52.4 Å². The third-order valence-corrected chi connectivity index (χ3v) is 3.58. The number of nitrogens with one attached hydrogen (secondary N) is 1. The summed E-state index contributed by atoms with van der Waals surface area (Å²) < 4.78 is 6.51. The molecule has 0 bridgehead atoms. The summed E-state index contributed by atoms with van der Waals surface area (Å²) >= 11 is 3.50. The summed E-state index contributed by atoms with van der Waals surface area (Å²) in [5.41, 5.74) is 1.33. The van der Waals surface area contributed by atoms with Gasteiger partial charge in [-0.1, -0.05) is 28.1 Å². The number of hydrogen-bond acceptors (Lipinski definition) is 2. The van der Waals surface area contributed by atoms with Crippen molar-refractivity contribution in [2.75, 3.05) is 19.8 Å². The van der Waals surface area contributed by atoms with Crippen molar-refractivity contribution in [3.63, 3.8) is 0 Å². The van der Waals surface area contributed by atoms with Crippen molar-refractivity contribution < 1.29 is 4.74 Å². The van der Waals surface area contributed by atoms with Gasteiger partial charge in [-0.3, -0.25) is 0 Å². The molecule has 0 spiro atoms. The number of hydrogen-bond donors (Lipinski definition) is 1. The van der Waals surface area contributed by atoms with Gasteiger partial charge in [-0.15, -0.1) is 0 Å². The van der Waals surface area contributed by atoms with Crippen LogP contribution in [0.15, 0.2) is 28.7 Å². The molecule has 2 rings (SSSR count). The van der Waals surface area contributed by atoms with E-state index in [1.54, 1.807) is 0 Å². The molecular weight excluding hydrogens is 266 g/mol. The van der Waals surface area contributed by atoms with Crippen LogP contribution in [0.1, 0.15) is 24.9 Å². The van der Waals surface area contributed by atoms with Crippen molar-refractivity contribution in [3.8, 4) is 0 Å². The third-order valence-electron chi connectivity index (χ3n) is 3.09. The lowest BCUT2D eigenvalue weighted by Crippen LogP contribution is -2.25. The molecule has 1 unspecified atom stereocenters. The van der Waals surface area contributed by atoms with Crippen LogP contribution < -0.4 is 5.32 Å². The zero-order chi connectivity index (χ0) is 11.4. The highest BCUT2D eigenvalue weighted by atomic mass is 79.9. The summed E-state index contributed by atoms with van der Waals surface area (Å²) in [5, 5.41) is 3.57. The van der Waals surface area contributed by atoms with Crippen molar-refractivity contribution in [2.45, 2.75) is 19.4 Å². The largest absolute Gasteiger partial charge is 0.381 e. The average molecular weight is 284 g/mol. The molecule has 1 N–H and O–H groups in total. The van der Waals surface area contributed by atoms with E-state index in [1.807, 2.05) is 0 Å². The Morgan fingerprint density at radius 3 is 3.12 bits per heavy atom. The van der Waals surface area contributed by atoms with E-state index in [0.717, 1.165) is 24.2 Å². The Hall–Kier alpha value is -0.380. The molecular formula is C13H18BrNO. The Balaban J connectivity index is 1.85. The highest BCUT2D eigenvalue weighted by molar-refractivity contribution is 9.10. The number of rotatable bonds is 4. The smallest absolute Gasteiger partial charge is 0.0507 e. The van der Waals surface area contributed by atoms with E-state index in [4.69, 9.17) is 4.74 Å². The predicted molar refractivity (Wildman–Crippen MR) is 69.5 cm³/mol. The molecule has 1 aromatic carbocycles. The highest BCUT2D eigenvalue weighted by Crippen LogP contribution is 2.19. The maximum absolute atomic E-state index is 5.37. The normalized spacial score (nSPS) is 22.2. The Morgan fingerprint density at radius 2 is 2.44 bits per heavy atom. The van der Waals surface area contributed by atoms with E-state index in [1.165, 1.54) is 12.0 Å². The molecule has 1 aliphatic heterocycles. The fourth-order valence-electron chi connectivity index (χ4n) is 1.98. The van der Waals surface area contributed by atoms with Crippen molar-refractivity contribution in [1.29, 1.82) is 0 Å². The predicted octanol–water partition coefficient (Wildman–Crippen LogP) is 3.14. The van der Waals surface area contributed by atoms with Crippen LogP contribution in [0.25, 0.3) is 0 Å². The summed E-state index contributed by atoms with van der Waals surface area (Å²) in [6.45, 7) is 5.10. The molecule has 2 nitrogen and oxygen atoms in total. The van der Waals surface area contributed by atoms with E-state index in [0.29, 0.717) is 12.0 Å². The van der Waals surface area contributed by atoms with Gasteiger partial charge in [-0.2, -0.15) is 0 Å². The topological polar surface area (TPSA) is 21.3 Å². The third kappa shape index (κ3) is 3.30. The molecule has 1 saturated heterocycles. The summed E-state index contributed by atoms with van der Waals surface area (Å²) in [7, 11) is 0. The summed E-state index contributed by atoms with van der Waals surface area (Å²) in [5.74, 6) is 0.689. The van der Waals surface area contributed by atoms with Crippen LogP contribution in [0.5, 0.6) is 0 Å². The van der Waals surface area contributed by atoms with Gasteiger partial charge < -0.3 is 10.1 Å². The van der Waals surface area contributed by atoms with Gasteiger partial charge in [-0.25, -0.2) is 0 Å². The van der Waals surface area contributed by atoms with Crippen LogP contribution in [-0.2, 0) is 4.74 Å². The molecule has 1 heterocycles. The van der Waals surface area contributed by atoms with E-state index in [-0.39, 0.29) is 0 Å². The fraction of sp³-hybridized carbons (Fsp3) is 0.538. The number of ether oxygens (including phenoxy) is 1. The second-order valence-electron chi connectivity index (χ2n) is 4.41. The zero-order valence-corrected chi connectivity index (χ0v) is 11.2. The molecule has 1 aromatic rings. The lowest BCUT2D eigenvalue weighted by Gasteiger charge is -2.17. The van der Waals surface area contributed by atoms with Crippen molar-refractivity contribution in [1.82, 2.24) is 5.32 Å². The SMILES string of the molecule is C[C@H](NCC1CCOC1)c1cccc(Br)c1. The van der Waals surface area contributed by atoms with Crippen LogP contribution in [0.4, 0.5) is 0 Å². The first-order valence-electron chi connectivity index (χ1n) is 5.82. The molecule has 3 heteroatoms. The minimum Gasteiger partial charge on any atom is -0.381 e. The molecule has 0 radical (unpaired) electrons. The molecule has 16 heavy (non-hydrogen) atoms. The molecule has 2 atom stereocenters. The van der Waals surface area contributed by atoms with Gasteiger partial charge in [0.2, 0.25) is 0 Å². The minimum atomic E-state index is 0.401. The van der Waals surface area contributed by atoms with Crippen LogP contribution in [0.3, 0.4) is 0 Å². The maximum atomic E-state index is 5.37. The van der Waals surface area contributed by atoms with Crippen LogP contribution in [0, 0.1) is 5.92 Å². The van der Waals surface area contributed by atoms with Gasteiger partial charge in [-0.05, 0) is 37.0 Å². The lowest BCUT2D eigenvalue weighted by molar-refractivity contribution is 0.184.